The van der Waals surface area contributed by atoms with E-state index in [1.54, 1.807) is 6.20 Å². The first-order chi connectivity index (χ1) is 8.57. The van der Waals surface area contributed by atoms with E-state index in [9.17, 15) is 5.11 Å². The summed E-state index contributed by atoms with van der Waals surface area (Å²) in [6, 6.07) is 11.7. The molecular formula is C14H18N2O2. The van der Waals surface area contributed by atoms with Gasteiger partial charge in [-0.25, -0.2) is 4.68 Å². The number of rotatable bonds is 4. The molecule has 0 spiro atoms. The molecule has 96 valence electrons. The number of aliphatic hydroxyl groups excluding tert-OH is 1. The molecule has 0 bridgehead atoms. The van der Waals surface area contributed by atoms with Crippen LogP contribution in [0.1, 0.15) is 19.5 Å². The molecule has 18 heavy (non-hydrogen) atoms. The Kier molecular flexibility index (Phi) is 3.50. The lowest BCUT2D eigenvalue weighted by molar-refractivity contribution is -0.119. The largest absolute Gasteiger partial charge is 0.367 e. The number of hydrogen-bond donors (Lipinski definition) is 1. The molecule has 0 radical (unpaired) electrons. The van der Waals surface area contributed by atoms with Crippen LogP contribution in [0.4, 0.5) is 0 Å². The van der Waals surface area contributed by atoms with Crippen LogP contribution in [-0.2, 0) is 10.2 Å². The number of nitrogens with zero attached hydrogens (tertiary/aromatic N) is 2. The highest BCUT2D eigenvalue weighted by Crippen LogP contribution is 2.29. The first-order valence-electron chi connectivity index (χ1n) is 5.88. The highest BCUT2D eigenvalue weighted by atomic mass is 16.6. The average Bonchev–Trinajstić information content (AvgIpc) is 2.88. The van der Waals surface area contributed by atoms with Crippen molar-refractivity contribution in [3.8, 4) is 5.69 Å². The number of ether oxygens (including phenoxy) is 1. The Morgan fingerprint density at radius 2 is 1.89 bits per heavy atom. The van der Waals surface area contributed by atoms with E-state index in [4.69, 9.17) is 4.74 Å². The van der Waals surface area contributed by atoms with Crippen molar-refractivity contribution in [2.75, 3.05) is 7.11 Å². The Balaban J connectivity index is 2.46. The van der Waals surface area contributed by atoms with E-state index in [2.05, 4.69) is 5.10 Å². The third-order valence-electron chi connectivity index (χ3n) is 3.14. The minimum Gasteiger partial charge on any atom is -0.367 e. The second-order valence-corrected chi connectivity index (χ2v) is 4.77. The van der Waals surface area contributed by atoms with Crippen LogP contribution in [0.5, 0.6) is 0 Å². The fraction of sp³-hybridized carbons (Fsp3) is 0.357. The van der Waals surface area contributed by atoms with Gasteiger partial charge in [-0.1, -0.05) is 18.2 Å². The molecule has 1 aromatic heterocycles. The standard InChI is InChI=1S/C14H18N2O2/c1-14(2,13(17)18-3)12-9-10-15-16(12)11-7-5-4-6-8-11/h4-10,13,17H,1-3H3. The normalized spacial score (nSPS) is 13.6. The van der Waals surface area contributed by atoms with Crippen LogP contribution in [0.25, 0.3) is 5.69 Å². The SMILES string of the molecule is COC(O)C(C)(C)c1ccnn1-c1ccccc1. The monoisotopic (exact) mass is 246 g/mol. The van der Waals surface area contributed by atoms with Crippen molar-refractivity contribution in [1.82, 2.24) is 9.78 Å². The Hall–Kier alpha value is -1.65. The quantitative estimate of drug-likeness (QED) is 0.840. The van der Waals surface area contributed by atoms with E-state index in [1.165, 1.54) is 7.11 Å². The van der Waals surface area contributed by atoms with Gasteiger partial charge in [0, 0.05) is 13.3 Å². The Labute approximate surface area is 107 Å². The maximum Gasteiger partial charge on any atom is 0.164 e. The predicted molar refractivity (Wildman–Crippen MR) is 69.6 cm³/mol. The highest BCUT2D eigenvalue weighted by molar-refractivity contribution is 5.34. The van der Waals surface area contributed by atoms with Crippen molar-refractivity contribution < 1.29 is 9.84 Å². The molecule has 1 heterocycles. The van der Waals surface area contributed by atoms with Gasteiger partial charge in [0.25, 0.3) is 0 Å². The van der Waals surface area contributed by atoms with Gasteiger partial charge in [-0.3, -0.25) is 0 Å². The molecule has 2 rings (SSSR count). The number of benzene rings is 1. The van der Waals surface area contributed by atoms with Gasteiger partial charge in [0.2, 0.25) is 0 Å². The zero-order valence-corrected chi connectivity index (χ0v) is 10.9. The van der Waals surface area contributed by atoms with Crippen LogP contribution in [-0.4, -0.2) is 28.3 Å². The fourth-order valence-electron chi connectivity index (χ4n) is 1.99. The highest BCUT2D eigenvalue weighted by Gasteiger charge is 2.33. The lowest BCUT2D eigenvalue weighted by atomic mass is 9.88. The molecule has 2 aromatic rings. The lowest BCUT2D eigenvalue weighted by Gasteiger charge is -2.29. The summed E-state index contributed by atoms with van der Waals surface area (Å²) in [7, 11) is 1.50. The summed E-state index contributed by atoms with van der Waals surface area (Å²) in [6.45, 7) is 3.86. The van der Waals surface area contributed by atoms with Crippen molar-refractivity contribution in [3.05, 3.63) is 48.3 Å². The van der Waals surface area contributed by atoms with E-state index in [0.717, 1.165) is 11.4 Å². The number of methoxy groups -OCH3 is 1. The molecule has 0 fully saturated rings. The van der Waals surface area contributed by atoms with E-state index >= 15 is 0 Å². The van der Waals surface area contributed by atoms with E-state index < -0.39 is 11.7 Å². The maximum absolute atomic E-state index is 9.97. The number of para-hydroxylation sites is 1. The van der Waals surface area contributed by atoms with Gasteiger partial charge >= 0.3 is 0 Å². The second-order valence-electron chi connectivity index (χ2n) is 4.77. The Morgan fingerprint density at radius 1 is 1.22 bits per heavy atom. The molecule has 0 saturated heterocycles. The van der Waals surface area contributed by atoms with Gasteiger partial charge in [-0.2, -0.15) is 5.10 Å². The van der Waals surface area contributed by atoms with Crippen LogP contribution >= 0.6 is 0 Å². The minimum absolute atomic E-state index is 0.541. The number of hydrogen-bond acceptors (Lipinski definition) is 3. The Morgan fingerprint density at radius 3 is 2.50 bits per heavy atom. The summed E-state index contributed by atoms with van der Waals surface area (Å²) in [6.07, 6.45) is 0.851. The first kappa shape index (κ1) is 12.8. The fourth-order valence-corrected chi connectivity index (χ4v) is 1.99. The van der Waals surface area contributed by atoms with E-state index in [0.29, 0.717) is 0 Å². The zero-order valence-electron chi connectivity index (χ0n) is 10.9. The molecule has 1 atom stereocenters. The third kappa shape index (κ3) is 2.17. The predicted octanol–water partition coefficient (Wildman–Crippen LogP) is 2.11. The molecule has 4 heteroatoms. The topological polar surface area (TPSA) is 47.3 Å². The maximum atomic E-state index is 9.97. The molecule has 0 aliphatic rings. The van der Waals surface area contributed by atoms with Crippen LogP contribution in [0.15, 0.2) is 42.6 Å². The molecule has 4 nitrogen and oxygen atoms in total. The van der Waals surface area contributed by atoms with E-state index in [1.807, 2.05) is 54.9 Å². The number of aromatic nitrogens is 2. The van der Waals surface area contributed by atoms with Gasteiger partial charge in [0.05, 0.1) is 16.8 Å². The average molecular weight is 246 g/mol. The summed E-state index contributed by atoms with van der Waals surface area (Å²) in [4.78, 5) is 0. The van der Waals surface area contributed by atoms with Crippen molar-refractivity contribution in [2.24, 2.45) is 0 Å². The van der Waals surface area contributed by atoms with Gasteiger partial charge in [-0.05, 0) is 32.0 Å². The zero-order chi connectivity index (χ0) is 13.2. The molecule has 1 N–H and O–H groups in total. The van der Waals surface area contributed by atoms with Gasteiger partial charge in [0.15, 0.2) is 6.29 Å². The van der Waals surface area contributed by atoms with Crippen LogP contribution in [0.2, 0.25) is 0 Å². The molecule has 0 amide bonds. The van der Waals surface area contributed by atoms with Crippen LogP contribution < -0.4 is 0 Å². The molecule has 1 aromatic carbocycles. The summed E-state index contributed by atoms with van der Waals surface area (Å²) in [5.41, 5.74) is 1.33. The lowest BCUT2D eigenvalue weighted by Crippen LogP contribution is -2.36. The molecule has 0 aliphatic carbocycles. The number of aliphatic hydroxyl groups is 1. The third-order valence-corrected chi connectivity index (χ3v) is 3.14. The smallest absolute Gasteiger partial charge is 0.164 e. The van der Waals surface area contributed by atoms with Crippen LogP contribution in [0, 0.1) is 0 Å². The van der Waals surface area contributed by atoms with Crippen molar-refractivity contribution in [3.63, 3.8) is 0 Å². The molecule has 0 saturated carbocycles. The second kappa shape index (κ2) is 4.92. The summed E-state index contributed by atoms with van der Waals surface area (Å²) >= 11 is 0. The van der Waals surface area contributed by atoms with E-state index in [-0.39, 0.29) is 0 Å². The molecule has 1 unspecified atom stereocenters. The summed E-state index contributed by atoms with van der Waals surface area (Å²) in [5, 5.41) is 14.3. The van der Waals surface area contributed by atoms with Gasteiger partial charge in [0.1, 0.15) is 0 Å². The summed E-state index contributed by atoms with van der Waals surface area (Å²) in [5.74, 6) is 0. The Bertz CT molecular complexity index is 506. The molecular weight excluding hydrogens is 228 g/mol. The van der Waals surface area contributed by atoms with Gasteiger partial charge < -0.3 is 9.84 Å². The van der Waals surface area contributed by atoms with Crippen molar-refractivity contribution >= 4 is 0 Å². The van der Waals surface area contributed by atoms with Crippen molar-refractivity contribution in [1.29, 1.82) is 0 Å². The van der Waals surface area contributed by atoms with Crippen molar-refractivity contribution in [2.45, 2.75) is 25.6 Å². The minimum atomic E-state index is -0.878. The molecule has 0 aliphatic heterocycles. The summed E-state index contributed by atoms with van der Waals surface area (Å²) < 4.78 is 6.87. The van der Waals surface area contributed by atoms with Gasteiger partial charge in [-0.15, -0.1) is 0 Å². The first-order valence-corrected chi connectivity index (χ1v) is 5.88. The van der Waals surface area contributed by atoms with Crippen LogP contribution in [0.3, 0.4) is 0 Å².